The maximum atomic E-state index is 6.55. The van der Waals surface area contributed by atoms with Gasteiger partial charge in [0.25, 0.3) is 0 Å². The molecular formula is C23H31NO. The van der Waals surface area contributed by atoms with Gasteiger partial charge < -0.3 is 4.74 Å². The first-order chi connectivity index (χ1) is 11.9. The Morgan fingerprint density at radius 1 is 0.960 bits per heavy atom. The summed E-state index contributed by atoms with van der Waals surface area (Å²) in [6, 6.07) is 21.9. The van der Waals surface area contributed by atoms with E-state index in [9.17, 15) is 0 Å². The van der Waals surface area contributed by atoms with Gasteiger partial charge in [0.05, 0.1) is 6.10 Å². The molecule has 0 radical (unpaired) electrons. The number of benzene rings is 2. The van der Waals surface area contributed by atoms with Crippen molar-refractivity contribution in [1.29, 1.82) is 0 Å². The van der Waals surface area contributed by atoms with Crippen molar-refractivity contribution in [3.63, 3.8) is 0 Å². The van der Waals surface area contributed by atoms with Crippen LogP contribution in [0.4, 0.5) is 0 Å². The molecule has 2 aromatic rings. The zero-order valence-electron chi connectivity index (χ0n) is 16.1. The molecule has 2 heteroatoms. The number of hydrogen-bond donors (Lipinski definition) is 0. The highest BCUT2D eigenvalue weighted by Gasteiger charge is 2.40. The first-order valence-electron chi connectivity index (χ1n) is 9.35. The fourth-order valence-corrected chi connectivity index (χ4v) is 3.95. The molecule has 1 fully saturated rings. The van der Waals surface area contributed by atoms with Crippen molar-refractivity contribution >= 4 is 0 Å². The van der Waals surface area contributed by atoms with Gasteiger partial charge >= 0.3 is 0 Å². The average Bonchev–Trinajstić information content (AvgIpc) is 2.88. The lowest BCUT2D eigenvalue weighted by Gasteiger charge is -2.34. The van der Waals surface area contributed by atoms with E-state index in [4.69, 9.17) is 4.74 Å². The van der Waals surface area contributed by atoms with E-state index in [1.807, 2.05) is 0 Å². The van der Waals surface area contributed by atoms with E-state index >= 15 is 0 Å². The molecule has 1 aliphatic heterocycles. The van der Waals surface area contributed by atoms with Crippen LogP contribution in [-0.4, -0.2) is 24.2 Å². The summed E-state index contributed by atoms with van der Waals surface area (Å²) in [5, 5.41) is 0. The number of likely N-dealkylation sites (N-methyl/N-ethyl adjacent to an activating group) is 1. The Balaban J connectivity index is 1.81. The summed E-state index contributed by atoms with van der Waals surface area (Å²) in [5.41, 5.74) is 2.87. The van der Waals surface area contributed by atoms with Crippen LogP contribution in [0.2, 0.25) is 0 Å². The van der Waals surface area contributed by atoms with Crippen molar-refractivity contribution in [2.75, 3.05) is 7.05 Å². The lowest BCUT2D eigenvalue weighted by atomic mass is 9.74. The minimum Gasteiger partial charge on any atom is -0.354 e. The second kappa shape index (κ2) is 7.31. The van der Waals surface area contributed by atoms with E-state index in [-0.39, 0.29) is 17.7 Å². The van der Waals surface area contributed by atoms with E-state index in [2.05, 4.69) is 100 Å². The van der Waals surface area contributed by atoms with E-state index in [0.29, 0.717) is 12.0 Å². The number of ether oxygens (including phenoxy) is 1. The van der Waals surface area contributed by atoms with Gasteiger partial charge in [-0.1, -0.05) is 81.4 Å². The minimum absolute atomic E-state index is 0.143. The van der Waals surface area contributed by atoms with Crippen LogP contribution in [0.1, 0.15) is 57.3 Å². The average molecular weight is 338 g/mol. The van der Waals surface area contributed by atoms with Crippen LogP contribution in [0.15, 0.2) is 60.7 Å². The fraction of sp³-hybridized carbons (Fsp3) is 0.478. The summed E-state index contributed by atoms with van der Waals surface area (Å²) >= 11 is 0. The van der Waals surface area contributed by atoms with Crippen molar-refractivity contribution in [3.8, 4) is 0 Å². The summed E-state index contributed by atoms with van der Waals surface area (Å²) in [4.78, 5) is 2.40. The molecule has 0 amide bonds. The largest absolute Gasteiger partial charge is 0.354 e. The number of nitrogens with zero attached hydrogens (tertiary/aromatic N) is 1. The third kappa shape index (κ3) is 3.96. The first kappa shape index (κ1) is 18.2. The van der Waals surface area contributed by atoms with Gasteiger partial charge in [-0.15, -0.1) is 0 Å². The molecule has 2 aromatic carbocycles. The third-order valence-corrected chi connectivity index (χ3v) is 5.65. The first-order valence-corrected chi connectivity index (χ1v) is 9.35. The van der Waals surface area contributed by atoms with Crippen LogP contribution < -0.4 is 0 Å². The lowest BCUT2D eigenvalue weighted by Crippen LogP contribution is -2.34. The van der Waals surface area contributed by atoms with Gasteiger partial charge in [0.2, 0.25) is 0 Å². The topological polar surface area (TPSA) is 12.5 Å². The summed E-state index contributed by atoms with van der Waals surface area (Å²) in [6.07, 6.45) is 1.30. The molecule has 1 heterocycles. The molecule has 0 N–H and O–H groups in total. The Labute approximate surface area is 152 Å². The van der Waals surface area contributed by atoms with E-state index in [0.717, 1.165) is 6.42 Å². The van der Waals surface area contributed by atoms with Crippen molar-refractivity contribution < 1.29 is 4.74 Å². The summed E-state index contributed by atoms with van der Waals surface area (Å²) < 4.78 is 6.55. The predicted molar refractivity (Wildman–Crippen MR) is 105 cm³/mol. The summed E-state index contributed by atoms with van der Waals surface area (Å²) in [5.74, 6) is 0.461. The maximum Gasteiger partial charge on any atom is 0.112 e. The van der Waals surface area contributed by atoms with Gasteiger partial charge in [0, 0.05) is 6.04 Å². The van der Waals surface area contributed by atoms with E-state index < -0.39 is 0 Å². The van der Waals surface area contributed by atoms with Gasteiger partial charge in [0.1, 0.15) is 6.23 Å². The zero-order valence-corrected chi connectivity index (χ0v) is 16.1. The molecular weight excluding hydrogens is 306 g/mol. The molecule has 134 valence electrons. The molecule has 0 bridgehead atoms. The zero-order chi connectivity index (χ0) is 18.0. The van der Waals surface area contributed by atoms with Crippen LogP contribution >= 0.6 is 0 Å². The van der Waals surface area contributed by atoms with Gasteiger partial charge in [-0.2, -0.15) is 0 Å². The summed E-state index contributed by atoms with van der Waals surface area (Å²) in [6.45, 7) is 9.26. The molecule has 1 saturated heterocycles. The Morgan fingerprint density at radius 2 is 1.52 bits per heavy atom. The predicted octanol–water partition coefficient (Wildman–Crippen LogP) is 5.62. The Bertz CT molecular complexity index is 661. The Morgan fingerprint density at radius 3 is 2.08 bits per heavy atom. The highest BCUT2D eigenvalue weighted by Crippen LogP contribution is 2.43. The molecule has 0 saturated carbocycles. The second-order valence-electron chi connectivity index (χ2n) is 8.39. The van der Waals surface area contributed by atoms with Crippen LogP contribution in [0.3, 0.4) is 0 Å². The molecule has 0 aliphatic carbocycles. The lowest BCUT2D eigenvalue weighted by molar-refractivity contribution is -0.0103. The van der Waals surface area contributed by atoms with Gasteiger partial charge in [-0.25, -0.2) is 0 Å². The van der Waals surface area contributed by atoms with Crippen LogP contribution in [0, 0.1) is 5.41 Å². The van der Waals surface area contributed by atoms with Gasteiger partial charge in [-0.3, -0.25) is 4.90 Å². The second-order valence-corrected chi connectivity index (χ2v) is 8.39. The van der Waals surface area contributed by atoms with Crippen molar-refractivity contribution in [3.05, 3.63) is 71.8 Å². The molecule has 3 rings (SSSR count). The van der Waals surface area contributed by atoms with Crippen LogP contribution in [0.25, 0.3) is 0 Å². The van der Waals surface area contributed by atoms with Crippen LogP contribution in [0.5, 0.6) is 0 Å². The molecule has 4 atom stereocenters. The maximum absolute atomic E-state index is 6.55. The molecule has 25 heavy (non-hydrogen) atoms. The Kier molecular flexibility index (Phi) is 5.31. The molecule has 2 nitrogen and oxygen atoms in total. The molecule has 1 aliphatic rings. The molecule has 0 aromatic heterocycles. The third-order valence-electron chi connectivity index (χ3n) is 5.65. The van der Waals surface area contributed by atoms with Crippen molar-refractivity contribution in [2.45, 2.75) is 58.4 Å². The number of rotatable bonds is 4. The van der Waals surface area contributed by atoms with Crippen molar-refractivity contribution in [1.82, 2.24) is 4.90 Å². The van der Waals surface area contributed by atoms with E-state index in [1.54, 1.807) is 0 Å². The normalized spacial score (nSPS) is 25.9. The smallest absolute Gasteiger partial charge is 0.112 e. The highest BCUT2D eigenvalue weighted by atomic mass is 16.5. The molecule has 0 unspecified atom stereocenters. The quantitative estimate of drug-likeness (QED) is 0.717. The molecule has 0 spiro atoms. The summed E-state index contributed by atoms with van der Waals surface area (Å²) in [7, 11) is 2.20. The highest BCUT2D eigenvalue weighted by molar-refractivity contribution is 5.23. The Hall–Kier alpha value is -1.64. The van der Waals surface area contributed by atoms with E-state index in [1.165, 1.54) is 11.1 Å². The standard InChI is InChI=1S/C23H31NO/c1-17-22(19-14-10-7-11-15-19)25-21(24(17)5)16-20(23(2,3)4)18-12-8-6-9-13-18/h6-15,17,20-22H,16H2,1-5H3/t17-,20+,21-,22-/m0/s1. The minimum atomic E-state index is 0.143. The monoisotopic (exact) mass is 337 g/mol. The van der Waals surface area contributed by atoms with Gasteiger partial charge in [0.15, 0.2) is 0 Å². The van der Waals surface area contributed by atoms with Crippen LogP contribution in [-0.2, 0) is 4.74 Å². The SMILES string of the molecule is C[C@H]1[C@@H](c2ccccc2)O[C@@H](C[C@H](c2ccccc2)C(C)(C)C)N1C. The fourth-order valence-electron chi connectivity index (χ4n) is 3.95. The van der Waals surface area contributed by atoms with Gasteiger partial charge in [-0.05, 0) is 42.9 Å². The van der Waals surface area contributed by atoms with Crippen molar-refractivity contribution in [2.24, 2.45) is 5.41 Å². The number of hydrogen-bond acceptors (Lipinski definition) is 2.